The molecule has 0 saturated carbocycles. The molecule has 2 aromatic heterocycles. The molecule has 2 N–H and O–H groups in total. The second-order valence-corrected chi connectivity index (χ2v) is 7.42. The predicted molar refractivity (Wildman–Crippen MR) is 114 cm³/mol. The largest absolute Gasteiger partial charge is 0.473 e. The molecule has 0 amide bonds. The fourth-order valence-corrected chi connectivity index (χ4v) is 2.95. The summed E-state index contributed by atoms with van der Waals surface area (Å²) in [5, 5.41) is 22.3. The summed E-state index contributed by atoms with van der Waals surface area (Å²) >= 11 is 0. The quantitative estimate of drug-likeness (QED) is 0.636. The van der Waals surface area contributed by atoms with Gasteiger partial charge in [0.1, 0.15) is 0 Å². The van der Waals surface area contributed by atoms with Crippen LogP contribution in [0.3, 0.4) is 0 Å². The van der Waals surface area contributed by atoms with Crippen LogP contribution < -0.4 is 0 Å². The van der Waals surface area contributed by atoms with Gasteiger partial charge in [-0.15, -0.1) is 0 Å². The summed E-state index contributed by atoms with van der Waals surface area (Å²) in [5.74, 6) is -0.911. The minimum Gasteiger partial charge on any atom is -0.473 e. The van der Waals surface area contributed by atoms with Gasteiger partial charge in [0.15, 0.2) is 11.6 Å². The van der Waals surface area contributed by atoms with E-state index in [1.165, 1.54) is 0 Å². The van der Waals surface area contributed by atoms with Gasteiger partial charge in [-0.2, -0.15) is 9.97 Å². The van der Waals surface area contributed by atoms with Crippen molar-refractivity contribution in [3.05, 3.63) is 35.6 Å². The van der Waals surface area contributed by atoms with Crippen molar-refractivity contribution in [2.45, 2.75) is 26.7 Å². The second kappa shape index (κ2) is 11.9. The molecule has 12 heteroatoms. The van der Waals surface area contributed by atoms with Gasteiger partial charge >= 0.3 is 11.9 Å². The summed E-state index contributed by atoms with van der Waals surface area (Å²) in [7, 11) is 4.19. The van der Waals surface area contributed by atoms with Crippen LogP contribution in [0.15, 0.2) is 21.2 Å². The molecule has 0 atom stereocenters. The lowest BCUT2D eigenvalue weighted by molar-refractivity contribution is -0.159. The molecule has 32 heavy (non-hydrogen) atoms. The van der Waals surface area contributed by atoms with Gasteiger partial charge in [-0.1, -0.05) is 22.5 Å². The maximum Gasteiger partial charge on any atom is 0.414 e. The molecule has 4 rings (SSSR count). The van der Waals surface area contributed by atoms with E-state index in [1.807, 2.05) is 13.8 Å². The van der Waals surface area contributed by atoms with E-state index in [0.29, 0.717) is 23.4 Å². The lowest BCUT2D eigenvalue weighted by Gasteiger charge is -2.20. The summed E-state index contributed by atoms with van der Waals surface area (Å²) in [5.41, 5.74) is 2.30. The van der Waals surface area contributed by atoms with Crippen LogP contribution >= 0.6 is 0 Å². The van der Waals surface area contributed by atoms with Crippen molar-refractivity contribution in [3.63, 3.8) is 0 Å². The van der Waals surface area contributed by atoms with Gasteiger partial charge < -0.3 is 29.1 Å². The van der Waals surface area contributed by atoms with Crippen LogP contribution in [0, 0.1) is 13.8 Å². The van der Waals surface area contributed by atoms with Crippen molar-refractivity contribution >= 4 is 23.1 Å². The van der Waals surface area contributed by atoms with Crippen LogP contribution in [0.25, 0.3) is 11.1 Å². The molecule has 174 valence electrons. The Morgan fingerprint density at radius 3 is 1.44 bits per heavy atom. The van der Waals surface area contributed by atoms with Crippen LogP contribution in [-0.2, 0) is 9.59 Å². The number of carboxylic acids is 2. The van der Waals surface area contributed by atoms with E-state index in [-0.39, 0.29) is 0 Å². The summed E-state index contributed by atoms with van der Waals surface area (Å²) in [6.45, 7) is 7.69. The van der Waals surface area contributed by atoms with Crippen LogP contribution in [0.4, 0.5) is 0 Å². The van der Waals surface area contributed by atoms with Crippen molar-refractivity contribution in [1.29, 1.82) is 0 Å². The van der Waals surface area contributed by atoms with Gasteiger partial charge in [0.25, 0.3) is 11.8 Å². The number of aliphatic carboxylic acids is 2. The molecule has 0 fully saturated rings. The van der Waals surface area contributed by atoms with Gasteiger partial charge in [0, 0.05) is 37.3 Å². The molecule has 0 aliphatic carbocycles. The Labute approximate surface area is 185 Å². The highest BCUT2D eigenvalue weighted by atomic mass is 16.5. The number of aryl methyl sites for hydroxylation is 2. The highest BCUT2D eigenvalue weighted by Gasteiger charge is 2.16. The first-order valence-electron chi connectivity index (χ1n) is 9.98. The molecular weight excluding hydrogens is 420 g/mol. The molecule has 2 aliphatic rings. The number of nitrogens with zero attached hydrogens (tertiary/aromatic N) is 6. The zero-order valence-corrected chi connectivity index (χ0v) is 18.6. The molecule has 12 nitrogen and oxygen atoms in total. The normalized spacial score (nSPS) is 16.6. The van der Waals surface area contributed by atoms with Crippen molar-refractivity contribution in [2.75, 3.05) is 40.3 Å². The standard InChI is InChI=1S/2C9H13N3O.C2H2O4/c2*1-7-10-9(13-11-7)8-4-3-5-12(2)6-8;3-1(4)2(5)6/h2*4H,3,5-6H2,1-2H3;(H,3,4)(H,5,6). The molecule has 2 aliphatic heterocycles. The number of carboxylic acid groups (broad SMARTS) is 2. The smallest absolute Gasteiger partial charge is 0.414 e. The van der Waals surface area contributed by atoms with Crippen LogP contribution in [0.5, 0.6) is 0 Å². The Bertz CT molecular complexity index is 901. The predicted octanol–water partition coefficient (Wildman–Crippen LogP) is 1.35. The lowest BCUT2D eigenvalue weighted by Crippen LogP contribution is -2.25. The third-order valence-electron chi connectivity index (χ3n) is 4.47. The number of aromatic nitrogens is 4. The molecule has 0 bridgehead atoms. The number of hydrogen-bond acceptors (Lipinski definition) is 10. The Morgan fingerprint density at radius 1 is 0.812 bits per heavy atom. The van der Waals surface area contributed by atoms with Crippen molar-refractivity contribution < 1.29 is 28.8 Å². The molecule has 0 saturated heterocycles. The summed E-state index contributed by atoms with van der Waals surface area (Å²) < 4.78 is 10.2. The maximum atomic E-state index is 9.10. The van der Waals surface area contributed by atoms with E-state index < -0.39 is 11.9 Å². The molecule has 4 heterocycles. The fourth-order valence-electron chi connectivity index (χ4n) is 2.95. The molecule has 0 spiro atoms. The van der Waals surface area contributed by atoms with E-state index in [4.69, 9.17) is 28.8 Å². The maximum absolute atomic E-state index is 9.10. The van der Waals surface area contributed by atoms with Crippen molar-refractivity contribution in [2.24, 2.45) is 0 Å². The molecule has 0 unspecified atom stereocenters. The third-order valence-corrected chi connectivity index (χ3v) is 4.47. The zero-order valence-electron chi connectivity index (χ0n) is 18.6. The van der Waals surface area contributed by atoms with Crippen LogP contribution in [0.2, 0.25) is 0 Å². The van der Waals surface area contributed by atoms with E-state index >= 15 is 0 Å². The monoisotopic (exact) mass is 448 g/mol. The van der Waals surface area contributed by atoms with Crippen LogP contribution in [0.1, 0.15) is 36.3 Å². The highest BCUT2D eigenvalue weighted by Crippen LogP contribution is 2.18. The zero-order chi connectivity index (χ0) is 23.7. The molecular formula is C20H28N6O6. The molecule has 0 aromatic carbocycles. The van der Waals surface area contributed by atoms with E-state index in [1.54, 1.807) is 0 Å². The Hall–Kier alpha value is -3.38. The van der Waals surface area contributed by atoms with Crippen molar-refractivity contribution in [3.8, 4) is 0 Å². The van der Waals surface area contributed by atoms with Crippen LogP contribution in [-0.4, -0.2) is 92.5 Å². The average molecular weight is 448 g/mol. The van der Waals surface area contributed by atoms with Gasteiger partial charge in [-0.25, -0.2) is 9.59 Å². The van der Waals surface area contributed by atoms with Gasteiger partial charge in [-0.3, -0.25) is 0 Å². The van der Waals surface area contributed by atoms with E-state index in [2.05, 4.69) is 56.3 Å². The minimum atomic E-state index is -1.82. The topological polar surface area (TPSA) is 159 Å². The highest BCUT2D eigenvalue weighted by molar-refractivity contribution is 6.27. The summed E-state index contributed by atoms with van der Waals surface area (Å²) in [6, 6.07) is 0. The number of rotatable bonds is 2. The summed E-state index contributed by atoms with van der Waals surface area (Å²) in [6.07, 6.45) is 6.47. The average Bonchev–Trinajstić information content (AvgIpc) is 3.37. The summed E-state index contributed by atoms with van der Waals surface area (Å²) in [4.78, 5) is 31.1. The van der Waals surface area contributed by atoms with Gasteiger partial charge in [0.05, 0.1) is 0 Å². The first kappa shape index (κ1) is 24.9. The Balaban J connectivity index is 0.000000183. The first-order chi connectivity index (χ1) is 15.2. The number of likely N-dealkylation sites (N-methyl/N-ethyl adjacent to an activating group) is 2. The Morgan fingerprint density at radius 2 is 1.19 bits per heavy atom. The molecule has 2 aromatic rings. The fraction of sp³-hybridized carbons (Fsp3) is 0.500. The molecule has 0 radical (unpaired) electrons. The minimum absolute atomic E-state index is 0.670. The number of hydrogen-bond donors (Lipinski definition) is 2. The SMILES string of the molecule is Cc1noc(C2=CCCN(C)C2)n1.Cc1noc(C2=CCCN(C)C2)n1.O=C(O)C(=O)O. The third kappa shape index (κ3) is 8.04. The van der Waals surface area contributed by atoms with Gasteiger partial charge in [0.2, 0.25) is 0 Å². The van der Waals surface area contributed by atoms with E-state index in [9.17, 15) is 0 Å². The van der Waals surface area contributed by atoms with E-state index in [0.717, 1.165) is 50.2 Å². The lowest BCUT2D eigenvalue weighted by atomic mass is 10.1. The number of carbonyl (C=O) groups is 2. The van der Waals surface area contributed by atoms with Gasteiger partial charge in [-0.05, 0) is 40.8 Å². The first-order valence-corrected chi connectivity index (χ1v) is 9.98. The second-order valence-electron chi connectivity index (χ2n) is 7.42. The Kier molecular flexibility index (Phi) is 9.22. The van der Waals surface area contributed by atoms with Crippen molar-refractivity contribution in [1.82, 2.24) is 30.1 Å².